The largest absolute Gasteiger partial charge is 0.465 e. The maximum Gasteiger partial charge on any atom is 0.331 e. The van der Waals surface area contributed by atoms with Crippen molar-refractivity contribution in [3.05, 3.63) is 59.5 Å². The van der Waals surface area contributed by atoms with Crippen LogP contribution in [-0.2, 0) is 16.1 Å². The molecule has 0 saturated heterocycles. The Morgan fingerprint density at radius 2 is 2.20 bits per heavy atom. The van der Waals surface area contributed by atoms with Crippen LogP contribution in [0.25, 0.3) is 16.3 Å². The molecule has 4 nitrogen and oxygen atoms in total. The molecule has 5 heteroatoms. The number of rotatable bonds is 4. The van der Waals surface area contributed by atoms with Gasteiger partial charge >= 0.3 is 5.97 Å². The molecule has 2 aromatic heterocycles. The van der Waals surface area contributed by atoms with E-state index >= 15 is 0 Å². The second-order valence-electron chi connectivity index (χ2n) is 4.03. The lowest BCUT2D eigenvalue weighted by Crippen LogP contribution is -2.00. The van der Waals surface area contributed by atoms with Crippen LogP contribution in [0.3, 0.4) is 0 Å². The molecule has 0 N–H and O–H groups in total. The highest BCUT2D eigenvalue weighted by Gasteiger charge is 2.05. The van der Waals surface area contributed by atoms with Crippen molar-refractivity contribution in [2.75, 3.05) is 0 Å². The maximum atomic E-state index is 11.6. The minimum Gasteiger partial charge on any atom is -0.465 e. The van der Waals surface area contributed by atoms with E-state index in [4.69, 9.17) is 9.15 Å². The van der Waals surface area contributed by atoms with Gasteiger partial charge in [0, 0.05) is 6.08 Å². The molecule has 3 aromatic rings. The van der Waals surface area contributed by atoms with Crippen molar-refractivity contribution in [1.29, 1.82) is 0 Å². The third kappa shape index (κ3) is 2.95. The fraction of sp³-hybridized carbons (Fsp3) is 0.0667. The Kier molecular flexibility index (Phi) is 3.60. The lowest BCUT2D eigenvalue weighted by atomic mass is 10.3. The summed E-state index contributed by atoms with van der Waals surface area (Å²) in [4.78, 5) is 15.9. The predicted molar refractivity (Wildman–Crippen MR) is 77.2 cm³/mol. The molecule has 0 aliphatic carbocycles. The molecule has 0 aliphatic heterocycles. The first-order valence-electron chi connectivity index (χ1n) is 6.04. The van der Waals surface area contributed by atoms with Gasteiger partial charge in [-0.1, -0.05) is 12.1 Å². The van der Waals surface area contributed by atoms with Crippen LogP contribution in [0.15, 0.2) is 53.2 Å². The summed E-state index contributed by atoms with van der Waals surface area (Å²) in [6.45, 7) is 0.181. The zero-order valence-corrected chi connectivity index (χ0v) is 11.3. The van der Waals surface area contributed by atoms with Gasteiger partial charge in [-0.15, -0.1) is 11.3 Å². The number of aromatic nitrogens is 1. The summed E-state index contributed by atoms with van der Waals surface area (Å²) in [5.41, 5.74) is 0.926. The van der Waals surface area contributed by atoms with Gasteiger partial charge in [-0.2, -0.15) is 0 Å². The number of furan rings is 1. The van der Waals surface area contributed by atoms with E-state index in [2.05, 4.69) is 4.98 Å². The Labute approximate surface area is 119 Å². The van der Waals surface area contributed by atoms with Gasteiger partial charge in [0.1, 0.15) is 17.4 Å². The molecule has 0 radical (unpaired) electrons. The minimum atomic E-state index is -0.416. The molecule has 0 fully saturated rings. The summed E-state index contributed by atoms with van der Waals surface area (Å²) >= 11 is 1.52. The molecule has 1 aromatic carbocycles. The molecule has 0 saturated carbocycles. The van der Waals surface area contributed by atoms with E-state index in [1.165, 1.54) is 17.4 Å². The molecule has 0 unspecified atom stereocenters. The van der Waals surface area contributed by atoms with Crippen molar-refractivity contribution in [2.24, 2.45) is 0 Å². The summed E-state index contributed by atoms with van der Waals surface area (Å²) in [5, 5.41) is 0.783. The Bertz CT molecular complexity index is 710. The molecule has 3 rings (SSSR count). The van der Waals surface area contributed by atoms with Crippen LogP contribution < -0.4 is 0 Å². The lowest BCUT2D eigenvalue weighted by Gasteiger charge is -1.97. The highest BCUT2D eigenvalue weighted by atomic mass is 32.1. The summed E-state index contributed by atoms with van der Waals surface area (Å²) in [5.74, 6) is 0.197. The second-order valence-corrected chi connectivity index (χ2v) is 5.15. The van der Waals surface area contributed by atoms with Crippen molar-refractivity contribution in [2.45, 2.75) is 6.61 Å². The lowest BCUT2D eigenvalue weighted by molar-refractivity contribution is -0.138. The Morgan fingerprint density at radius 1 is 1.30 bits per heavy atom. The highest BCUT2D eigenvalue weighted by Crippen LogP contribution is 2.21. The van der Waals surface area contributed by atoms with E-state index in [0.717, 1.165) is 15.2 Å². The molecular weight excluding hydrogens is 274 g/mol. The monoisotopic (exact) mass is 285 g/mol. The third-order valence-corrected chi connectivity index (χ3v) is 3.61. The van der Waals surface area contributed by atoms with E-state index in [1.54, 1.807) is 24.5 Å². The summed E-state index contributed by atoms with van der Waals surface area (Å²) in [6.07, 6.45) is 4.46. The first kappa shape index (κ1) is 12.6. The Balaban J connectivity index is 1.60. The van der Waals surface area contributed by atoms with Crippen LogP contribution in [0.2, 0.25) is 0 Å². The molecule has 20 heavy (non-hydrogen) atoms. The fourth-order valence-corrected chi connectivity index (χ4v) is 2.58. The number of para-hydroxylation sites is 1. The Hall–Kier alpha value is -2.40. The number of hydrogen-bond acceptors (Lipinski definition) is 5. The van der Waals surface area contributed by atoms with Crippen molar-refractivity contribution < 1.29 is 13.9 Å². The molecule has 0 aliphatic rings. The van der Waals surface area contributed by atoms with Gasteiger partial charge in [0.25, 0.3) is 0 Å². The van der Waals surface area contributed by atoms with Crippen molar-refractivity contribution in [1.82, 2.24) is 4.98 Å². The van der Waals surface area contributed by atoms with Gasteiger partial charge in [0.15, 0.2) is 0 Å². The van der Waals surface area contributed by atoms with Gasteiger partial charge in [-0.05, 0) is 30.3 Å². The zero-order valence-electron chi connectivity index (χ0n) is 10.5. The number of esters is 1. The first-order valence-corrected chi connectivity index (χ1v) is 6.86. The molecule has 0 spiro atoms. The van der Waals surface area contributed by atoms with Crippen molar-refractivity contribution >= 4 is 33.6 Å². The van der Waals surface area contributed by atoms with Gasteiger partial charge in [0.05, 0.1) is 16.5 Å². The summed E-state index contributed by atoms with van der Waals surface area (Å²) < 4.78 is 11.3. The van der Waals surface area contributed by atoms with E-state index in [1.807, 2.05) is 24.3 Å². The predicted octanol–water partition coefficient (Wildman–Crippen LogP) is 3.65. The summed E-state index contributed by atoms with van der Waals surface area (Å²) in [7, 11) is 0. The van der Waals surface area contributed by atoms with Crippen molar-refractivity contribution in [3.63, 3.8) is 0 Å². The number of fused-ring (bicyclic) bond motifs is 1. The zero-order chi connectivity index (χ0) is 13.8. The number of carbonyl (C=O) groups is 1. The first-order chi connectivity index (χ1) is 9.81. The highest BCUT2D eigenvalue weighted by molar-refractivity contribution is 7.18. The van der Waals surface area contributed by atoms with Crippen LogP contribution in [0, 0.1) is 0 Å². The number of benzene rings is 1. The van der Waals surface area contributed by atoms with E-state index in [9.17, 15) is 4.79 Å². The second kappa shape index (κ2) is 5.71. The minimum absolute atomic E-state index is 0.181. The number of nitrogens with zero attached hydrogens (tertiary/aromatic N) is 1. The third-order valence-electron chi connectivity index (χ3n) is 2.60. The van der Waals surface area contributed by atoms with E-state index in [-0.39, 0.29) is 6.61 Å². The van der Waals surface area contributed by atoms with E-state index < -0.39 is 5.97 Å². The normalized spacial score (nSPS) is 11.2. The molecular formula is C15H11NO3S. The van der Waals surface area contributed by atoms with Gasteiger partial charge < -0.3 is 9.15 Å². The standard InChI is InChI=1S/C15H11NO3S/c17-15(8-7-11-4-3-9-18-11)19-10-14-16-12-5-1-2-6-13(12)20-14/h1-9H,10H2. The molecule has 2 heterocycles. The summed E-state index contributed by atoms with van der Waals surface area (Å²) in [6, 6.07) is 11.3. The Morgan fingerprint density at radius 3 is 3.00 bits per heavy atom. The number of thiazole rings is 1. The van der Waals surface area contributed by atoms with Gasteiger partial charge in [-0.25, -0.2) is 9.78 Å². The van der Waals surface area contributed by atoms with Gasteiger partial charge in [-0.3, -0.25) is 0 Å². The number of hydrogen-bond donors (Lipinski definition) is 0. The van der Waals surface area contributed by atoms with Crippen LogP contribution in [-0.4, -0.2) is 11.0 Å². The topological polar surface area (TPSA) is 52.3 Å². The fourth-order valence-electron chi connectivity index (χ4n) is 1.70. The maximum absolute atomic E-state index is 11.6. The van der Waals surface area contributed by atoms with Crippen molar-refractivity contribution in [3.8, 4) is 0 Å². The average Bonchev–Trinajstić information content (AvgIpc) is 3.11. The SMILES string of the molecule is O=C(C=Cc1ccco1)OCc1nc2ccccc2s1. The van der Waals surface area contributed by atoms with Crippen LogP contribution >= 0.6 is 11.3 Å². The van der Waals surface area contributed by atoms with Crippen LogP contribution in [0.5, 0.6) is 0 Å². The molecule has 100 valence electrons. The van der Waals surface area contributed by atoms with Crippen LogP contribution in [0.4, 0.5) is 0 Å². The van der Waals surface area contributed by atoms with Crippen LogP contribution in [0.1, 0.15) is 10.8 Å². The van der Waals surface area contributed by atoms with Gasteiger partial charge in [0.2, 0.25) is 0 Å². The quantitative estimate of drug-likeness (QED) is 0.542. The number of carbonyl (C=O) groups excluding carboxylic acids is 1. The smallest absolute Gasteiger partial charge is 0.331 e. The molecule has 0 amide bonds. The molecule has 0 atom stereocenters. The molecule has 0 bridgehead atoms. The van der Waals surface area contributed by atoms with E-state index in [0.29, 0.717) is 5.76 Å². The number of ether oxygens (including phenoxy) is 1. The average molecular weight is 285 g/mol.